The van der Waals surface area contributed by atoms with Gasteiger partial charge in [-0.15, -0.1) is 0 Å². The maximum atomic E-state index is 12.8. The van der Waals surface area contributed by atoms with Crippen LogP contribution < -0.4 is 5.63 Å². The minimum absolute atomic E-state index is 0.362. The van der Waals surface area contributed by atoms with E-state index < -0.39 is 0 Å². The molecule has 0 amide bonds. The molecule has 0 unspecified atom stereocenters. The number of halogens is 1. The second kappa shape index (κ2) is 6.23. The van der Waals surface area contributed by atoms with Crippen LogP contribution in [0.1, 0.15) is 5.56 Å². The van der Waals surface area contributed by atoms with Crippen molar-refractivity contribution in [1.82, 2.24) is 0 Å². The summed E-state index contributed by atoms with van der Waals surface area (Å²) in [5, 5.41) is 1.49. The highest BCUT2D eigenvalue weighted by Crippen LogP contribution is 2.36. The first kappa shape index (κ1) is 15.7. The van der Waals surface area contributed by atoms with E-state index in [1.807, 2.05) is 67.6 Å². The molecule has 3 aromatic carbocycles. The zero-order valence-corrected chi connectivity index (χ0v) is 14.4. The topological polar surface area (TPSA) is 30.2 Å². The molecule has 25 heavy (non-hydrogen) atoms. The second-order valence-corrected chi connectivity index (χ2v) is 6.45. The summed E-state index contributed by atoms with van der Waals surface area (Å²) >= 11 is 6.15. The van der Waals surface area contributed by atoms with Crippen molar-refractivity contribution in [3.63, 3.8) is 0 Å². The summed E-state index contributed by atoms with van der Waals surface area (Å²) in [7, 11) is 0. The van der Waals surface area contributed by atoms with Gasteiger partial charge >= 0.3 is 5.63 Å². The van der Waals surface area contributed by atoms with Crippen molar-refractivity contribution in [3.05, 3.63) is 93.8 Å². The molecule has 4 rings (SSSR count). The van der Waals surface area contributed by atoms with Gasteiger partial charge in [-0.25, -0.2) is 4.79 Å². The van der Waals surface area contributed by atoms with Gasteiger partial charge in [0.2, 0.25) is 0 Å². The largest absolute Gasteiger partial charge is 0.422 e. The lowest BCUT2D eigenvalue weighted by Crippen LogP contribution is -2.06. The van der Waals surface area contributed by atoms with E-state index in [4.69, 9.17) is 16.0 Å². The zero-order valence-electron chi connectivity index (χ0n) is 13.6. The average Bonchev–Trinajstić information content (AvgIpc) is 2.61. The number of rotatable bonds is 2. The molecule has 4 aromatic rings. The summed E-state index contributed by atoms with van der Waals surface area (Å²) < 4.78 is 5.63. The van der Waals surface area contributed by atoms with E-state index in [0.29, 0.717) is 16.2 Å². The van der Waals surface area contributed by atoms with E-state index in [1.165, 1.54) is 0 Å². The van der Waals surface area contributed by atoms with E-state index in [9.17, 15) is 4.79 Å². The molecule has 0 saturated carbocycles. The monoisotopic (exact) mass is 346 g/mol. The fourth-order valence-corrected chi connectivity index (χ4v) is 3.31. The molecule has 122 valence electrons. The maximum Gasteiger partial charge on any atom is 0.344 e. The van der Waals surface area contributed by atoms with Gasteiger partial charge in [-0.2, -0.15) is 0 Å². The Kier molecular flexibility index (Phi) is 3.90. The Morgan fingerprint density at radius 1 is 0.800 bits per heavy atom. The fraction of sp³-hybridized carbons (Fsp3) is 0.0455. The number of benzene rings is 3. The smallest absolute Gasteiger partial charge is 0.344 e. The molecule has 0 fully saturated rings. The summed E-state index contributed by atoms with van der Waals surface area (Å²) in [6.45, 7) is 1.98. The van der Waals surface area contributed by atoms with Crippen LogP contribution in [0.15, 0.2) is 82.0 Å². The van der Waals surface area contributed by atoms with Gasteiger partial charge in [-0.05, 0) is 41.8 Å². The van der Waals surface area contributed by atoms with Crippen LogP contribution in [-0.2, 0) is 0 Å². The van der Waals surface area contributed by atoms with Gasteiger partial charge < -0.3 is 4.42 Å². The van der Waals surface area contributed by atoms with Gasteiger partial charge in [0, 0.05) is 16.0 Å². The first-order valence-electron chi connectivity index (χ1n) is 8.02. The SMILES string of the molecule is Cc1ccc2c(-c3ccccc3)c(-c3cccc(Cl)c3)c(=O)oc2c1. The molecule has 0 aliphatic rings. The standard InChI is InChI=1S/C22H15ClO2/c1-14-10-11-18-19(12-14)25-22(24)21(16-8-5-9-17(23)13-16)20(18)15-6-3-2-4-7-15/h2-13H,1H3. The molecule has 0 aliphatic heterocycles. The molecule has 1 aromatic heterocycles. The highest BCUT2D eigenvalue weighted by Gasteiger charge is 2.18. The molecule has 0 radical (unpaired) electrons. The lowest BCUT2D eigenvalue weighted by Gasteiger charge is -2.13. The molecule has 0 bridgehead atoms. The van der Waals surface area contributed by atoms with Crippen molar-refractivity contribution in [2.24, 2.45) is 0 Å². The van der Waals surface area contributed by atoms with Crippen molar-refractivity contribution >= 4 is 22.6 Å². The Bertz CT molecular complexity index is 1130. The van der Waals surface area contributed by atoms with Gasteiger partial charge in [0.05, 0.1) is 5.56 Å². The number of fused-ring (bicyclic) bond motifs is 1. The Morgan fingerprint density at radius 3 is 2.32 bits per heavy atom. The molecule has 0 atom stereocenters. The molecule has 1 heterocycles. The predicted octanol–water partition coefficient (Wildman–Crippen LogP) is 6.09. The molecule has 0 saturated heterocycles. The predicted molar refractivity (Wildman–Crippen MR) is 103 cm³/mol. The van der Waals surface area contributed by atoms with Crippen molar-refractivity contribution in [3.8, 4) is 22.3 Å². The first-order chi connectivity index (χ1) is 12.1. The van der Waals surface area contributed by atoms with Crippen LogP contribution in [0.25, 0.3) is 33.2 Å². The van der Waals surface area contributed by atoms with E-state index in [0.717, 1.165) is 27.6 Å². The Labute approximate surface area is 150 Å². The number of hydrogen-bond donors (Lipinski definition) is 0. The van der Waals surface area contributed by atoms with Crippen LogP contribution in [0.3, 0.4) is 0 Å². The zero-order chi connectivity index (χ0) is 17.4. The third kappa shape index (κ3) is 2.86. The van der Waals surface area contributed by atoms with Crippen LogP contribution in [0.4, 0.5) is 0 Å². The number of hydrogen-bond acceptors (Lipinski definition) is 2. The van der Waals surface area contributed by atoms with Crippen LogP contribution in [-0.4, -0.2) is 0 Å². The summed E-state index contributed by atoms with van der Waals surface area (Å²) in [6.07, 6.45) is 0. The summed E-state index contributed by atoms with van der Waals surface area (Å²) in [5.41, 5.74) is 4.40. The second-order valence-electron chi connectivity index (χ2n) is 6.02. The van der Waals surface area contributed by atoms with Crippen molar-refractivity contribution < 1.29 is 4.42 Å². The molecule has 0 aliphatic carbocycles. The van der Waals surface area contributed by atoms with Crippen LogP contribution in [0.2, 0.25) is 5.02 Å². The maximum absolute atomic E-state index is 12.8. The minimum atomic E-state index is -0.362. The molecule has 0 N–H and O–H groups in total. The Hall–Kier alpha value is -2.84. The van der Waals surface area contributed by atoms with Gasteiger partial charge in [0.25, 0.3) is 0 Å². The average molecular weight is 347 g/mol. The van der Waals surface area contributed by atoms with E-state index >= 15 is 0 Å². The van der Waals surface area contributed by atoms with Gasteiger partial charge in [0.15, 0.2) is 0 Å². The molecular weight excluding hydrogens is 332 g/mol. The highest BCUT2D eigenvalue weighted by atomic mass is 35.5. The fourth-order valence-electron chi connectivity index (χ4n) is 3.12. The molecular formula is C22H15ClO2. The summed E-state index contributed by atoms with van der Waals surface area (Å²) in [5.74, 6) is 0. The molecule has 0 spiro atoms. The molecule has 2 nitrogen and oxygen atoms in total. The molecule has 3 heteroatoms. The van der Waals surface area contributed by atoms with Gasteiger partial charge in [-0.3, -0.25) is 0 Å². The van der Waals surface area contributed by atoms with Crippen LogP contribution in [0, 0.1) is 6.92 Å². The van der Waals surface area contributed by atoms with Gasteiger partial charge in [-0.1, -0.05) is 66.2 Å². The van der Waals surface area contributed by atoms with E-state index in [1.54, 1.807) is 12.1 Å². The van der Waals surface area contributed by atoms with Crippen molar-refractivity contribution in [1.29, 1.82) is 0 Å². The third-order valence-corrected chi connectivity index (χ3v) is 4.47. The summed E-state index contributed by atoms with van der Waals surface area (Å²) in [6, 6.07) is 23.1. The van der Waals surface area contributed by atoms with Crippen molar-refractivity contribution in [2.75, 3.05) is 0 Å². The quantitative estimate of drug-likeness (QED) is 0.411. The van der Waals surface area contributed by atoms with E-state index in [2.05, 4.69) is 0 Å². The lowest BCUT2D eigenvalue weighted by molar-refractivity contribution is 0.563. The third-order valence-electron chi connectivity index (χ3n) is 4.24. The normalized spacial score (nSPS) is 11.0. The Balaban J connectivity index is 2.17. The first-order valence-corrected chi connectivity index (χ1v) is 8.40. The Morgan fingerprint density at radius 2 is 1.56 bits per heavy atom. The highest BCUT2D eigenvalue weighted by molar-refractivity contribution is 6.30. The van der Waals surface area contributed by atoms with Gasteiger partial charge in [0.1, 0.15) is 5.58 Å². The summed E-state index contributed by atoms with van der Waals surface area (Å²) in [4.78, 5) is 12.8. The van der Waals surface area contributed by atoms with Crippen LogP contribution >= 0.6 is 11.6 Å². The van der Waals surface area contributed by atoms with Crippen molar-refractivity contribution in [2.45, 2.75) is 6.92 Å². The van der Waals surface area contributed by atoms with Crippen LogP contribution in [0.5, 0.6) is 0 Å². The number of aryl methyl sites for hydroxylation is 1. The minimum Gasteiger partial charge on any atom is -0.422 e. The van der Waals surface area contributed by atoms with E-state index in [-0.39, 0.29) is 5.63 Å². The lowest BCUT2D eigenvalue weighted by atomic mass is 9.93.